The van der Waals surface area contributed by atoms with Gasteiger partial charge in [0.2, 0.25) is 0 Å². The number of nitrogens with zero attached hydrogens (tertiary/aromatic N) is 4. The van der Waals surface area contributed by atoms with Crippen molar-refractivity contribution in [3.8, 4) is 0 Å². The number of halogens is 1. The largest absolute Gasteiger partial charge is 0.292 e. The summed E-state index contributed by atoms with van der Waals surface area (Å²) in [6.07, 6.45) is 2.85. The van der Waals surface area contributed by atoms with E-state index in [-0.39, 0.29) is 0 Å². The molecule has 6 nitrogen and oxygen atoms in total. The summed E-state index contributed by atoms with van der Waals surface area (Å²) in [6.45, 7) is 3.51. The van der Waals surface area contributed by atoms with Crippen LogP contribution in [0.3, 0.4) is 0 Å². The molecule has 0 bridgehead atoms. The zero-order chi connectivity index (χ0) is 15.0. The molecule has 0 aromatic carbocycles. The maximum absolute atomic E-state index is 12.3. The van der Waals surface area contributed by atoms with Crippen LogP contribution < -0.4 is 0 Å². The minimum absolute atomic E-state index is 0.363. The van der Waals surface area contributed by atoms with Gasteiger partial charge in [-0.3, -0.25) is 19.0 Å². The van der Waals surface area contributed by atoms with Crippen LogP contribution in [0.15, 0.2) is 12.4 Å². The summed E-state index contributed by atoms with van der Waals surface area (Å²) in [5.41, 5.74) is 2.08. The molecule has 20 heavy (non-hydrogen) atoms. The third kappa shape index (κ3) is 2.27. The van der Waals surface area contributed by atoms with Gasteiger partial charge in [-0.25, -0.2) is 0 Å². The smallest absolute Gasteiger partial charge is 0.192 e. The average Bonchev–Trinajstić information content (AvgIpc) is 2.93. The van der Waals surface area contributed by atoms with Crippen LogP contribution in [0.4, 0.5) is 0 Å². The van der Waals surface area contributed by atoms with Gasteiger partial charge in [0.05, 0.1) is 23.5 Å². The van der Waals surface area contributed by atoms with E-state index in [9.17, 15) is 9.59 Å². The van der Waals surface area contributed by atoms with Gasteiger partial charge >= 0.3 is 0 Å². The van der Waals surface area contributed by atoms with Crippen molar-refractivity contribution >= 4 is 23.2 Å². The van der Waals surface area contributed by atoms with Gasteiger partial charge in [0.25, 0.3) is 0 Å². The summed E-state index contributed by atoms with van der Waals surface area (Å²) in [6, 6.07) is 0. The SMILES string of the molecule is Cc1c(C(=O)C(Cl)C(=O)c2cnn(C)c2C)cnn1C. The molecule has 2 heterocycles. The summed E-state index contributed by atoms with van der Waals surface area (Å²) in [5.74, 6) is -0.879. The predicted octanol–water partition coefficient (Wildman–Crippen LogP) is 1.44. The van der Waals surface area contributed by atoms with Gasteiger partial charge < -0.3 is 0 Å². The van der Waals surface area contributed by atoms with E-state index < -0.39 is 16.9 Å². The lowest BCUT2D eigenvalue weighted by atomic mass is 10.0. The first-order chi connectivity index (χ1) is 9.34. The molecule has 0 spiro atoms. The number of ketones is 2. The predicted molar refractivity (Wildman–Crippen MR) is 74.2 cm³/mol. The van der Waals surface area contributed by atoms with E-state index in [2.05, 4.69) is 10.2 Å². The number of carbonyl (C=O) groups is 2. The third-order valence-electron chi connectivity index (χ3n) is 3.46. The Morgan fingerprint density at radius 2 is 1.35 bits per heavy atom. The standard InChI is InChI=1S/C13H15ClN4O2/c1-7-9(5-15-17(7)3)12(19)11(14)13(20)10-6-16-18(4)8(10)2/h5-6,11H,1-4H3. The number of aromatic nitrogens is 4. The van der Waals surface area contributed by atoms with Crippen LogP contribution in [0.25, 0.3) is 0 Å². The molecular formula is C13H15ClN4O2. The molecule has 0 saturated heterocycles. The van der Waals surface area contributed by atoms with Crippen molar-refractivity contribution < 1.29 is 9.59 Å². The molecule has 2 aromatic rings. The van der Waals surface area contributed by atoms with Gasteiger partial charge in [-0.1, -0.05) is 0 Å². The summed E-state index contributed by atoms with van der Waals surface area (Å²) >= 11 is 6.04. The Hall–Kier alpha value is -1.95. The Kier molecular flexibility index (Phi) is 3.76. The Labute approximate surface area is 121 Å². The molecule has 0 aliphatic carbocycles. The van der Waals surface area contributed by atoms with Gasteiger partial charge in [0.15, 0.2) is 16.9 Å². The van der Waals surface area contributed by atoms with Crippen LogP contribution >= 0.6 is 11.6 Å². The topological polar surface area (TPSA) is 69.8 Å². The fourth-order valence-corrected chi connectivity index (χ4v) is 2.11. The molecule has 0 N–H and O–H groups in total. The molecule has 106 valence electrons. The lowest BCUT2D eigenvalue weighted by Crippen LogP contribution is -2.25. The van der Waals surface area contributed by atoms with Gasteiger partial charge in [-0.05, 0) is 13.8 Å². The summed E-state index contributed by atoms with van der Waals surface area (Å²) in [4.78, 5) is 24.6. The highest BCUT2D eigenvalue weighted by Gasteiger charge is 2.30. The Morgan fingerprint density at radius 1 is 1.00 bits per heavy atom. The third-order valence-corrected chi connectivity index (χ3v) is 3.86. The molecule has 2 rings (SSSR count). The molecule has 0 fully saturated rings. The minimum atomic E-state index is -1.26. The lowest BCUT2D eigenvalue weighted by molar-refractivity contribution is 0.0899. The number of alkyl halides is 1. The van der Waals surface area contributed by atoms with E-state index in [1.165, 1.54) is 12.4 Å². The second kappa shape index (κ2) is 5.20. The molecule has 2 aromatic heterocycles. The molecule has 0 aliphatic rings. The first-order valence-electron chi connectivity index (χ1n) is 6.04. The highest BCUT2D eigenvalue weighted by atomic mass is 35.5. The van der Waals surface area contributed by atoms with Crippen molar-refractivity contribution in [1.82, 2.24) is 19.6 Å². The van der Waals surface area contributed by atoms with Crippen molar-refractivity contribution in [1.29, 1.82) is 0 Å². The zero-order valence-corrected chi connectivity index (χ0v) is 12.5. The number of rotatable bonds is 4. The van der Waals surface area contributed by atoms with E-state index >= 15 is 0 Å². The average molecular weight is 295 g/mol. The Balaban J connectivity index is 2.29. The molecule has 7 heteroatoms. The summed E-state index contributed by atoms with van der Waals surface area (Å²) < 4.78 is 3.13. The van der Waals surface area contributed by atoms with Crippen LogP contribution in [0.5, 0.6) is 0 Å². The van der Waals surface area contributed by atoms with Gasteiger partial charge in [0.1, 0.15) is 0 Å². The highest BCUT2D eigenvalue weighted by molar-refractivity contribution is 6.46. The zero-order valence-electron chi connectivity index (χ0n) is 11.7. The highest BCUT2D eigenvalue weighted by Crippen LogP contribution is 2.18. The fourth-order valence-electron chi connectivity index (χ4n) is 1.87. The van der Waals surface area contributed by atoms with Gasteiger partial charge in [-0.2, -0.15) is 10.2 Å². The second-order valence-electron chi connectivity index (χ2n) is 4.63. The fraction of sp³-hybridized carbons (Fsp3) is 0.385. The van der Waals surface area contributed by atoms with Crippen molar-refractivity contribution in [3.63, 3.8) is 0 Å². The lowest BCUT2D eigenvalue weighted by Gasteiger charge is -2.07. The van der Waals surface area contributed by atoms with Crippen molar-refractivity contribution in [2.24, 2.45) is 14.1 Å². The normalized spacial score (nSPS) is 11.1. The van der Waals surface area contributed by atoms with Crippen LogP contribution in [0.1, 0.15) is 32.1 Å². The van der Waals surface area contributed by atoms with Crippen molar-refractivity contribution in [2.75, 3.05) is 0 Å². The number of Topliss-reactive ketones (excluding diaryl/α,β-unsaturated/α-hetero) is 2. The van der Waals surface area contributed by atoms with Crippen molar-refractivity contribution in [3.05, 3.63) is 34.9 Å². The Bertz CT molecular complexity index is 628. The van der Waals surface area contributed by atoms with E-state index in [1.807, 2.05) is 0 Å². The number of hydrogen-bond acceptors (Lipinski definition) is 4. The first-order valence-corrected chi connectivity index (χ1v) is 6.48. The maximum atomic E-state index is 12.3. The monoisotopic (exact) mass is 294 g/mol. The molecule has 0 aliphatic heterocycles. The molecule has 0 atom stereocenters. The number of aryl methyl sites for hydroxylation is 2. The van der Waals surface area contributed by atoms with Gasteiger partial charge in [0, 0.05) is 25.5 Å². The maximum Gasteiger partial charge on any atom is 0.192 e. The minimum Gasteiger partial charge on any atom is -0.292 e. The first kappa shape index (κ1) is 14.5. The van der Waals surface area contributed by atoms with E-state index in [0.29, 0.717) is 22.5 Å². The Morgan fingerprint density at radius 3 is 1.60 bits per heavy atom. The summed E-state index contributed by atoms with van der Waals surface area (Å²) in [7, 11) is 3.45. The molecular weight excluding hydrogens is 280 g/mol. The van der Waals surface area contributed by atoms with Gasteiger partial charge in [-0.15, -0.1) is 11.6 Å². The van der Waals surface area contributed by atoms with Crippen molar-refractivity contribution in [2.45, 2.75) is 19.2 Å². The second-order valence-corrected chi connectivity index (χ2v) is 5.06. The van der Waals surface area contributed by atoms with Crippen LogP contribution in [-0.2, 0) is 14.1 Å². The van der Waals surface area contributed by atoms with Crippen LogP contribution in [0.2, 0.25) is 0 Å². The van der Waals surface area contributed by atoms with E-state index in [1.54, 1.807) is 37.3 Å². The number of carbonyl (C=O) groups excluding carboxylic acids is 2. The molecule has 0 saturated carbocycles. The van der Waals surface area contributed by atoms with Crippen LogP contribution in [-0.4, -0.2) is 36.5 Å². The molecule has 0 unspecified atom stereocenters. The molecule has 0 amide bonds. The molecule has 0 radical (unpaired) electrons. The van der Waals surface area contributed by atoms with E-state index in [0.717, 1.165) is 0 Å². The number of hydrogen-bond donors (Lipinski definition) is 0. The quantitative estimate of drug-likeness (QED) is 0.486. The summed E-state index contributed by atoms with van der Waals surface area (Å²) in [5, 5.41) is 6.70. The van der Waals surface area contributed by atoms with E-state index in [4.69, 9.17) is 11.6 Å². The van der Waals surface area contributed by atoms with Crippen LogP contribution in [0, 0.1) is 13.8 Å².